The van der Waals surface area contributed by atoms with Crippen molar-refractivity contribution in [1.82, 2.24) is 5.32 Å². The van der Waals surface area contributed by atoms with Crippen LogP contribution in [0.1, 0.15) is 16.7 Å². The van der Waals surface area contributed by atoms with E-state index in [9.17, 15) is 9.18 Å². The second kappa shape index (κ2) is 7.63. The number of hydrogen-bond donors (Lipinski definition) is 1. The molecule has 1 N–H and O–H groups in total. The molecule has 5 heteroatoms. The Balaban J connectivity index is 1.90. The van der Waals surface area contributed by atoms with Crippen LogP contribution in [0.15, 0.2) is 36.4 Å². The summed E-state index contributed by atoms with van der Waals surface area (Å²) in [5, 5.41) is 2.80. The fourth-order valence-electron chi connectivity index (χ4n) is 2.28. The highest BCUT2D eigenvalue weighted by atomic mass is 19.1. The Morgan fingerprint density at radius 3 is 2.52 bits per heavy atom. The van der Waals surface area contributed by atoms with Gasteiger partial charge in [0.15, 0.2) is 6.61 Å². The van der Waals surface area contributed by atoms with E-state index in [0.717, 1.165) is 22.4 Å². The predicted molar refractivity (Wildman–Crippen MR) is 86.2 cm³/mol. The van der Waals surface area contributed by atoms with E-state index in [-0.39, 0.29) is 18.3 Å². The number of amides is 1. The molecule has 0 radical (unpaired) electrons. The lowest BCUT2D eigenvalue weighted by Gasteiger charge is -2.14. The molecule has 1 amide bonds. The molecule has 0 unspecified atom stereocenters. The lowest BCUT2D eigenvalue weighted by atomic mass is 10.0. The van der Waals surface area contributed by atoms with Crippen molar-refractivity contribution >= 4 is 5.91 Å². The largest absolute Gasteiger partial charge is 0.496 e. The van der Waals surface area contributed by atoms with Crippen LogP contribution < -0.4 is 14.8 Å². The topological polar surface area (TPSA) is 47.6 Å². The van der Waals surface area contributed by atoms with Gasteiger partial charge < -0.3 is 14.8 Å². The maximum absolute atomic E-state index is 12.8. The van der Waals surface area contributed by atoms with Crippen LogP contribution in [0.25, 0.3) is 0 Å². The normalized spacial score (nSPS) is 10.3. The molecule has 0 aliphatic carbocycles. The Kier molecular flexibility index (Phi) is 5.57. The number of carbonyl (C=O) groups is 1. The first kappa shape index (κ1) is 16.8. The van der Waals surface area contributed by atoms with Gasteiger partial charge in [-0.15, -0.1) is 0 Å². The summed E-state index contributed by atoms with van der Waals surface area (Å²) in [6, 6.07) is 9.51. The van der Waals surface area contributed by atoms with E-state index in [2.05, 4.69) is 5.32 Å². The Bertz CT molecular complexity index is 683. The minimum absolute atomic E-state index is 0.126. The first-order chi connectivity index (χ1) is 11.0. The van der Waals surface area contributed by atoms with Crippen molar-refractivity contribution in [1.29, 1.82) is 0 Å². The first-order valence-corrected chi connectivity index (χ1v) is 7.29. The number of carbonyl (C=O) groups excluding carboxylic acids is 1. The number of rotatable bonds is 6. The van der Waals surface area contributed by atoms with Crippen molar-refractivity contribution in [2.45, 2.75) is 20.4 Å². The van der Waals surface area contributed by atoms with Gasteiger partial charge >= 0.3 is 0 Å². The summed E-state index contributed by atoms with van der Waals surface area (Å²) in [5.41, 5.74) is 3.10. The Morgan fingerprint density at radius 2 is 1.87 bits per heavy atom. The molecule has 0 saturated carbocycles. The summed E-state index contributed by atoms with van der Waals surface area (Å²) < 4.78 is 23.5. The molecule has 2 aromatic carbocycles. The lowest BCUT2D eigenvalue weighted by Crippen LogP contribution is -2.28. The van der Waals surface area contributed by atoms with E-state index >= 15 is 0 Å². The molecule has 0 spiro atoms. The summed E-state index contributed by atoms with van der Waals surface area (Å²) >= 11 is 0. The first-order valence-electron chi connectivity index (χ1n) is 7.29. The van der Waals surface area contributed by atoms with Crippen LogP contribution in [0.4, 0.5) is 4.39 Å². The lowest BCUT2D eigenvalue weighted by molar-refractivity contribution is -0.123. The van der Waals surface area contributed by atoms with Gasteiger partial charge in [0.2, 0.25) is 0 Å². The van der Waals surface area contributed by atoms with Gasteiger partial charge in [0.05, 0.1) is 7.11 Å². The molecule has 2 aromatic rings. The third-order valence-corrected chi connectivity index (χ3v) is 3.44. The maximum atomic E-state index is 12.8. The van der Waals surface area contributed by atoms with Gasteiger partial charge in [-0.2, -0.15) is 0 Å². The van der Waals surface area contributed by atoms with E-state index in [1.54, 1.807) is 7.11 Å². The quantitative estimate of drug-likeness (QED) is 0.890. The van der Waals surface area contributed by atoms with Gasteiger partial charge in [0, 0.05) is 12.1 Å². The highest BCUT2D eigenvalue weighted by Crippen LogP contribution is 2.23. The van der Waals surface area contributed by atoms with Crippen LogP contribution in [0.3, 0.4) is 0 Å². The highest BCUT2D eigenvalue weighted by Gasteiger charge is 2.10. The number of methoxy groups -OCH3 is 1. The van der Waals surface area contributed by atoms with Gasteiger partial charge in [0.25, 0.3) is 5.91 Å². The molecular weight excluding hydrogens is 297 g/mol. The number of aryl methyl sites for hydroxylation is 2. The monoisotopic (exact) mass is 317 g/mol. The molecule has 0 saturated heterocycles. The fraction of sp³-hybridized carbons (Fsp3) is 0.278. The Morgan fingerprint density at radius 1 is 1.17 bits per heavy atom. The summed E-state index contributed by atoms with van der Waals surface area (Å²) in [5.74, 6) is 0.605. The fourth-order valence-corrected chi connectivity index (χ4v) is 2.28. The number of hydrogen-bond acceptors (Lipinski definition) is 3. The molecule has 122 valence electrons. The van der Waals surface area contributed by atoms with Crippen LogP contribution in [0, 0.1) is 19.7 Å². The molecule has 0 fully saturated rings. The molecule has 0 heterocycles. The number of halogens is 1. The van der Waals surface area contributed by atoms with Gasteiger partial charge in [-0.05, 0) is 55.3 Å². The predicted octanol–water partition coefficient (Wildman–Crippen LogP) is 3.15. The van der Waals surface area contributed by atoms with Crippen molar-refractivity contribution in [3.63, 3.8) is 0 Å². The van der Waals surface area contributed by atoms with E-state index < -0.39 is 0 Å². The SMILES string of the molecule is COc1cc(C)cc(C)c1CNC(=O)COc1ccc(F)cc1. The number of ether oxygens (including phenoxy) is 2. The minimum Gasteiger partial charge on any atom is -0.496 e. The van der Waals surface area contributed by atoms with E-state index in [4.69, 9.17) is 9.47 Å². The Labute approximate surface area is 135 Å². The number of nitrogens with one attached hydrogen (secondary N) is 1. The van der Waals surface area contributed by atoms with E-state index in [1.807, 2.05) is 26.0 Å². The third-order valence-electron chi connectivity index (χ3n) is 3.44. The van der Waals surface area contributed by atoms with Crippen LogP contribution in [0.2, 0.25) is 0 Å². The minimum atomic E-state index is -0.344. The van der Waals surface area contributed by atoms with Gasteiger partial charge in [-0.25, -0.2) is 4.39 Å². The van der Waals surface area contributed by atoms with Gasteiger partial charge in [-0.1, -0.05) is 6.07 Å². The molecule has 0 atom stereocenters. The van der Waals surface area contributed by atoms with Crippen LogP contribution in [-0.4, -0.2) is 19.6 Å². The third kappa shape index (κ3) is 4.71. The van der Waals surface area contributed by atoms with E-state index in [1.165, 1.54) is 24.3 Å². The molecule has 0 aromatic heterocycles. The Hall–Kier alpha value is -2.56. The molecule has 2 rings (SSSR count). The highest BCUT2D eigenvalue weighted by molar-refractivity contribution is 5.77. The summed E-state index contributed by atoms with van der Waals surface area (Å²) in [6.07, 6.45) is 0. The smallest absolute Gasteiger partial charge is 0.258 e. The van der Waals surface area contributed by atoms with Crippen molar-refractivity contribution in [2.24, 2.45) is 0 Å². The maximum Gasteiger partial charge on any atom is 0.258 e. The van der Waals surface area contributed by atoms with Crippen molar-refractivity contribution < 1.29 is 18.7 Å². The molecule has 0 aliphatic rings. The van der Waals surface area contributed by atoms with Crippen LogP contribution in [-0.2, 0) is 11.3 Å². The van der Waals surface area contributed by atoms with Gasteiger partial charge in [0.1, 0.15) is 17.3 Å². The summed E-state index contributed by atoms with van der Waals surface area (Å²) in [7, 11) is 1.61. The molecule has 4 nitrogen and oxygen atoms in total. The van der Waals surface area contributed by atoms with Crippen LogP contribution in [0.5, 0.6) is 11.5 Å². The van der Waals surface area contributed by atoms with Crippen molar-refractivity contribution in [2.75, 3.05) is 13.7 Å². The summed E-state index contributed by atoms with van der Waals surface area (Å²) in [6.45, 7) is 4.21. The molecule has 23 heavy (non-hydrogen) atoms. The average Bonchev–Trinajstić information content (AvgIpc) is 2.52. The molecule has 0 aliphatic heterocycles. The van der Waals surface area contributed by atoms with E-state index in [0.29, 0.717) is 12.3 Å². The van der Waals surface area contributed by atoms with Gasteiger partial charge in [-0.3, -0.25) is 4.79 Å². The van der Waals surface area contributed by atoms with Crippen LogP contribution >= 0.6 is 0 Å². The average molecular weight is 317 g/mol. The molecule has 0 bridgehead atoms. The zero-order chi connectivity index (χ0) is 16.8. The standard InChI is InChI=1S/C18H20FNO3/c1-12-8-13(2)16(17(9-12)22-3)10-20-18(21)11-23-15-6-4-14(19)5-7-15/h4-9H,10-11H2,1-3H3,(H,20,21). The molecular formula is C18H20FNO3. The zero-order valence-corrected chi connectivity index (χ0v) is 13.5. The second-order valence-corrected chi connectivity index (χ2v) is 5.28. The van der Waals surface area contributed by atoms with Crippen molar-refractivity contribution in [3.8, 4) is 11.5 Å². The second-order valence-electron chi connectivity index (χ2n) is 5.28. The zero-order valence-electron chi connectivity index (χ0n) is 13.5. The number of benzene rings is 2. The van der Waals surface area contributed by atoms with Crippen molar-refractivity contribution in [3.05, 3.63) is 58.9 Å². The summed E-state index contributed by atoms with van der Waals surface area (Å²) in [4.78, 5) is 11.9.